The topological polar surface area (TPSA) is 9.23 Å². The van der Waals surface area contributed by atoms with Crippen LogP contribution in [0.3, 0.4) is 0 Å². The van der Waals surface area contributed by atoms with Gasteiger partial charge in [-0.15, -0.1) is 0 Å². The molecule has 0 radical (unpaired) electrons. The molecule has 40 valence electrons. The molecule has 0 saturated carbocycles. The van der Waals surface area contributed by atoms with Gasteiger partial charge in [0.15, 0.2) is 0 Å². The van der Waals surface area contributed by atoms with Crippen LogP contribution in [0.5, 0.6) is 0 Å². The smallest absolute Gasteiger partial charge is 1.00 e. The summed E-state index contributed by atoms with van der Waals surface area (Å²) in [6.45, 7) is 2.82. The minimum absolute atomic E-state index is 0. The first-order valence-electron chi connectivity index (χ1n) is 1.64. The molecule has 0 spiro atoms. The molecule has 0 atom stereocenters. The zero-order valence-corrected chi connectivity index (χ0v) is 5.41. The van der Waals surface area contributed by atoms with Crippen molar-refractivity contribution in [2.45, 2.75) is 13.3 Å². The van der Waals surface area contributed by atoms with Gasteiger partial charge in [0.2, 0.25) is 0 Å². The Hall–Kier alpha value is 0.769. The van der Waals surface area contributed by atoms with Gasteiger partial charge in [-0.2, -0.15) is 0 Å². The zero-order valence-electron chi connectivity index (χ0n) is 3.55. The third-order valence-corrected chi connectivity index (χ3v) is 0.502. The van der Waals surface area contributed by atoms with Gasteiger partial charge in [-0.05, 0) is 0 Å². The molecule has 0 rings (SSSR count). The van der Waals surface area contributed by atoms with E-state index in [2.05, 4.69) is 20.2 Å². The predicted molar refractivity (Wildman–Crippen MR) is 16.2 cm³/mol. The number of hydrogen-bond acceptors (Lipinski definition) is 1. The van der Waals surface area contributed by atoms with Crippen LogP contribution in [0.25, 0.3) is 0 Å². The maximum atomic E-state index is 4.44. The van der Waals surface area contributed by atoms with E-state index in [0.717, 1.165) is 13.0 Å². The van der Waals surface area contributed by atoms with Crippen LogP contribution in [-0.2, 0) is 20.2 Å². The summed E-state index contributed by atoms with van der Waals surface area (Å²) in [5, 5.41) is 0. The molecule has 0 aromatic rings. The maximum Gasteiger partial charge on any atom is -1.00 e. The van der Waals surface area contributed by atoms with Crippen LogP contribution in [-0.4, -0.2) is 6.61 Å². The van der Waals surface area contributed by atoms with E-state index < -0.39 is 0 Å². The second kappa shape index (κ2) is 9.24. The Balaban J connectivity index is 0. The first kappa shape index (κ1) is 9.91. The van der Waals surface area contributed by atoms with Crippen LogP contribution < -0.4 is 12.4 Å². The van der Waals surface area contributed by atoms with Gasteiger partial charge in [0.05, 0.1) is 0 Å². The molecular formula is C3H7ClFeO. The summed E-state index contributed by atoms with van der Waals surface area (Å²) in [5.41, 5.74) is 0. The molecule has 0 unspecified atom stereocenters. The normalized spacial score (nSPS) is 7.00. The van der Waals surface area contributed by atoms with Gasteiger partial charge in [-0.25, -0.2) is 0 Å². The van der Waals surface area contributed by atoms with E-state index in [9.17, 15) is 0 Å². The molecule has 0 fully saturated rings. The molecule has 0 aliphatic heterocycles. The first-order valence-corrected chi connectivity index (χ1v) is 2.09. The van der Waals surface area contributed by atoms with Crippen molar-refractivity contribution in [1.82, 2.24) is 0 Å². The van der Waals surface area contributed by atoms with Gasteiger partial charge in [0.1, 0.15) is 0 Å². The van der Waals surface area contributed by atoms with Gasteiger partial charge in [-0.3, -0.25) is 0 Å². The molecule has 6 heavy (non-hydrogen) atoms. The summed E-state index contributed by atoms with van der Waals surface area (Å²) in [5.74, 6) is 0. The van der Waals surface area contributed by atoms with Crippen molar-refractivity contribution in [2.75, 3.05) is 6.61 Å². The van der Waals surface area contributed by atoms with Crippen molar-refractivity contribution in [3.05, 3.63) is 0 Å². The Morgan fingerprint density at radius 3 is 2.17 bits per heavy atom. The molecule has 0 aliphatic carbocycles. The van der Waals surface area contributed by atoms with Crippen LogP contribution in [0.2, 0.25) is 0 Å². The van der Waals surface area contributed by atoms with Crippen LogP contribution >= 0.6 is 0 Å². The molecule has 0 aromatic heterocycles. The van der Waals surface area contributed by atoms with Gasteiger partial charge < -0.3 is 12.4 Å². The Morgan fingerprint density at radius 1 is 1.67 bits per heavy atom. The average molecular weight is 150 g/mol. The van der Waals surface area contributed by atoms with Crippen molar-refractivity contribution in [2.24, 2.45) is 0 Å². The van der Waals surface area contributed by atoms with Crippen LogP contribution in [0.1, 0.15) is 13.3 Å². The molecule has 0 aliphatic rings. The van der Waals surface area contributed by atoms with Gasteiger partial charge in [0.25, 0.3) is 0 Å². The Morgan fingerprint density at radius 2 is 2.17 bits per heavy atom. The van der Waals surface area contributed by atoms with E-state index >= 15 is 0 Å². The molecule has 0 amide bonds. The van der Waals surface area contributed by atoms with Gasteiger partial charge in [-0.1, -0.05) is 0 Å². The van der Waals surface area contributed by atoms with Crippen LogP contribution in [0.15, 0.2) is 0 Å². The van der Waals surface area contributed by atoms with Crippen molar-refractivity contribution < 1.29 is 32.6 Å². The largest absolute Gasteiger partial charge is 1.00 e. The van der Waals surface area contributed by atoms with E-state index in [1.165, 1.54) is 0 Å². The quantitative estimate of drug-likeness (QED) is 0.409. The van der Waals surface area contributed by atoms with E-state index in [4.69, 9.17) is 0 Å². The predicted octanol–water partition coefficient (Wildman–Crippen LogP) is -2.12. The Kier molecular flexibility index (Phi) is 15.2. The third kappa shape index (κ3) is 8.84. The molecule has 0 N–H and O–H groups in total. The second-order valence-electron chi connectivity index (χ2n) is 0.806. The average Bonchev–Trinajstić information content (AvgIpc) is 1.41. The summed E-state index contributed by atoms with van der Waals surface area (Å²) >= 11 is 3.18. The molecule has 3 heteroatoms. The SMILES string of the molecule is CCC[O][Fe+].[Cl-]. The maximum absolute atomic E-state index is 4.44. The van der Waals surface area contributed by atoms with Crippen molar-refractivity contribution >= 4 is 0 Å². The molecule has 0 bridgehead atoms. The summed E-state index contributed by atoms with van der Waals surface area (Å²) in [6, 6.07) is 0. The Bertz CT molecular complexity index is 18.3. The summed E-state index contributed by atoms with van der Waals surface area (Å²) in [6.07, 6.45) is 1.06. The fourth-order valence-corrected chi connectivity index (χ4v) is 0.298. The fourth-order valence-electron chi connectivity index (χ4n) is 0.0722. The number of halogens is 1. The molecule has 0 aromatic carbocycles. The number of hydrogen-bond donors (Lipinski definition) is 0. The Labute approximate surface area is 53.0 Å². The molecule has 0 heterocycles. The monoisotopic (exact) mass is 150 g/mol. The van der Waals surface area contributed by atoms with E-state index in [1.807, 2.05) is 6.92 Å². The van der Waals surface area contributed by atoms with E-state index in [1.54, 1.807) is 0 Å². The third-order valence-electron chi connectivity index (χ3n) is 0.276. The minimum atomic E-state index is 0. The fraction of sp³-hybridized carbons (Fsp3) is 1.00. The minimum Gasteiger partial charge on any atom is -1.00 e. The van der Waals surface area contributed by atoms with Crippen LogP contribution in [0.4, 0.5) is 0 Å². The first-order chi connectivity index (χ1) is 2.41. The van der Waals surface area contributed by atoms with Crippen LogP contribution in [0, 0.1) is 0 Å². The standard InChI is InChI=1S/C3H7O.ClH.Fe/c1-2-3-4;;/h2-3H2,1H3;1H;/q-1;;+2/p-1. The van der Waals surface area contributed by atoms with E-state index in [0.29, 0.717) is 0 Å². The zero-order chi connectivity index (χ0) is 4.12. The molecule has 1 nitrogen and oxygen atoms in total. The molecular weight excluding hydrogens is 143 g/mol. The van der Waals surface area contributed by atoms with Crippen molar-refractivity contribution in [3.8, 4) is 0 Å². The number of rotatable bonds is 2. The van der Waals surface area contributed by atoms with Gasteiger partial charge >= 0.3 is 40.1 Å². The molecule has 0 saturated heterocycles. The summed E-state index contributed by atoms with van der Waals surface area (Å²) in [4.78, 5) is 0. The second-order valence-corrected chi connectivity index (χ2v) is 1.12. The summed E-state index contributed by atoms with van der Waals surface area (Å²) in [7, 11) is 0. The van der Waals surface area contributed by atoms with Gasteiger partial charge in [0, 0.05) is 0 Å². The van der Waals surface area contributed by atoms with Crippen molar-refractivity contribution in [3.63, 3.8) is 0 Å². The summed E-state index contributed by atoms with van der Waals surface area (Å²) < 4.78 is 4.44. The van der Waals surface area contributed by atoms with Crippen molar-refractivity contribution in [1.29, 1.82) is 0 Å². The van der Waals surface area contributed by atoms with E-state index in [-0.39, 0.29) is 12.4 Å².